The monoisotopic (exact) mass is 131 g/mol. The third kappa shape index (κ3) is 7.96. The van der Waals surface area contributed by atoms with E-state index in [2.05, 4.69) is 27.2 Å². The van der Waals surface area contributed by atoms with Gasteiger partial charge in [0.15, 0.2) is 0 Å². The molecule has 1 atom stereocenters. The quantitative estimate of drug-likeness (QED) is 0.560. The van der Waals surface area contributed by atoms with E-state index in [4.69, 9.17) is 0 Å². The van der Waals surface area contributed by atoms with Gasteiger partial charge in [0.05, 0.1) is 0 Å². The zero-order valence-electron chi connectivity index (χ0n) is 6.78. The lowest BCUT2D eigenvalue weighted by Crippen LogP contribution is -1.91. The van der Waals surface area contributed by atoms with Gasteiger partial charge in [-0.15, -0.1) is 0 Å². The lowest BCUT2D eigenvalue weighted by molar-refractivity contribution is 0.610. The van der Waals surface area contributed by atoms with Crippen molar-refractivity contribution in [1.82, 2.24) is 0 Å². The average Bonchev–Trinajstić information content (AvgIpc) is 1.83. The predicted molar refractivity (Wildman–Crippen MR) is 42.3 cm³/mol. The summed E-state index contributed by atoms with van der Waals surface area (Å²) in [7, 11) is 0. The van der Waals surface area contributed by atoms with Crippen molar-refractivity contribution < 1.29 is 5.48 Å². The normalized spacial score (nSPS) is 12.3. The van der Waals surface area contributed by atoms with E-state index in [1.807, 2.05) is 0 Å². The summed E-state index contributed by atoms with van der Waals surface area (Å²) in [5.74, 6) is 0.829. The minimum Gasteiger partial charge on any atom is -0.412 e. The second-order valence-corrected chi connectivity index (χ2v) is 2.41. The molecular formula is C8H19O. The largest absolute Gasteiger partial charge is 0.412 e. The third-order valence-corrected chi connectivity index (χ3v) is 1.50. The van der Waals surface area contributed by atoms with E-state index in [1.54, 1.807) is 0 Å². The van der Waals surface area contributed by atoms with Gasteiger partial charge in [-0.3, -0.25) is 0 Å². The van der Waals surface area contributed by atoms with E-state index in [9.17, 15) is 0 Å². The highest BCUT2D eigenvalue weighted by Gasteiger charge is 1.95. The van der Waals surface area contributed by atoms with Gasteiger partial charge in [0.2, 0.25) is 0 Å². The highest BCUT2D eigenvalue weighted by atomic mass is 16.0. The van der Waals surface area contributed by atoms with Gasteiger partial charge in [0, 0.05) is 0 Å². The van der Waals surface area contributed by atoms with E-state index in [0.29, 0.717) is 0 Å². The van der Waals surface area contributed by atoms with Crippen molar-refractivity contribution in [2.75, 3.05) is 0 Å². The van der Waals surface area contributed by atoms with E-state index < -0.39 is 0 Å². The van der Waals surface area contributed by atoms with Gasteiger partial charge >= 0.3 is 0 Å². The maximum Gasteiger partial charge on any atom is -0.0358 e. The lowest BCUT2D eigenvalue weighted by Gasteiger charge is -2.03. The first-order valence-corrected chi connectivity index (χ1v) is 3.64. The molecule has 1 unspecified atom stereocenters. The van der Waals surface area contributed by atoms with E-state index in [1.165, 1.54) is 19.3 Å². The molecule has 0 aliphatic heterocycles. The molecule has 0 spiro atoms. The minimum absolute atomic E-state index is 0. The van der Waals surface area contributed by atoms with Crippen molar-refractivity contribution in [1.29, 1.82) is 0 Å². The zero-order valence-corrected chi connectivity index (χ0v) is 6.78. The van der Waals surface area contributed by atoms with Crippen LogP contribution in [0.1, 0.15) is 40.0 Å². The molecule has 0 heterocycles. The molecule has 0 bridgehead atoms. The molecule has 0 aromatic rings. The summed E-state index contributed by atoms with van der Waals surface area (Å²) in [6, 6.07) is 0. The van der Waals surface area contributed by atoms with Gasteiger partial charge in [-0.05, 0) is 12.3 Å². The Morgan fingerprint density at radius 2 is 1.89 bits per heavy atom. The molecule has 0 aromatic heterocycles. The molecule has 0 fully saturated rings. The van der Waals surface area contributed by atoms with E-state index >= 15 is 0 Å². The lowest BCUT2D eigenvalue weighted by atomic mass is 10.0. The Balaban J connectivity index is 0. The fourth-order valence-corrected chi connectivity index (χ4v) is 0.618. The Kier molecular flexibility index (Phi) is 10.4. The molecule has 1 nitrogen and oxygen atoms in total. The molecule has 0 amide bonds. The molecule has 0 aliphatic carbocycles. The molecule has 0 aliphatic rings. The molecule has 0 aromatic carbocycles. The Morgan fingerprint density at radius 3 is 2.22 bits per heavy atom. The van der Waals surface area contributed by atoms with Gasteiger partial charge < -0.3 is 5.48 Å². The molecule has 2 N–H and O–H groups in total. The maximum absolute atomic E-state index is 2.40. The third-order valence-electron chi connectivity index (χ3n) is 1.50. The highest BCUT2D eigenvalue weighted by Crippen LogP contribution is 2.08. The topological polar surface area (TPSA) is 31.5 Å². The maximum atomic E-state index is 2.40. The summed E-state index contributed by atoms with van der Waals surface area (Å²) >= 11 is 0. The van der Waals surface area contributed by atoms with Crippen LogP contribution >= 0.6 is 0 Å². The van der Waals surface area contributed by atoms with Crippen LogP contribution in [0.25, 0.3) is 0 Å². The van der Waals surface area contributed by atoms with Crippen LogP contribution in [0.4, 0.5) is 0 Å². The van der Waals surface area contributed by atoms with E-state index in [0.717, 1.165) is 5.92 Å². The average molecular weight is 131 g/mol. The minimum atomic E-state index is 0. The van der Waals surface area contributed by atoms with Crippen LogP contribution in [-0.4, -0.2) is 5.48 Å². The zero-order chi connectivity index (χ0) is 6.41. The Morgan fingerprint density at radius 1 is 1.33 bits per heavy atom. The van der Waals surface area contributed by atoms with Crippen molar-refractivity contribution >= 4 is 0 Å². The smallest absolute Gasteiger partial charge is 0.0358 e. The molecule has 0 saturated heterocycles. The van der Waals surface area contributed by atoms with Gasteiger partial charge in [-0.1, -0.05) is 40.0 Å². The summed E-state index contributed by atoms with van der Waals surface area (Å²) in [5.41, 5.74) is 0. The Labute approximate surface area is 58.8 Å². The first kappa shape index (κ1) is 11.7. The second kappa shape index (κ2) is 7.96. The standard InChI is InChI=1S/C8H17.H2O/c1-4-6-7-8(3)5-2;/h7-8H,4-6H2,1-3H3;1H2. The highest BCUT2D eigenvalue weighted by molar-refractivity contribution is 4.69. The number of rotatable bonds is 4. The fourth-order valence-electron chi connectivity index (χ4n) is 0.618. The van der Waals surface area contributed by atoms with Gasteiger partial charge in [-0.25, -0.2) is 0 Å². The van der Waals surface area contributed by atoms with Crippen molar-refractivity contribution in [3.8, 4) is 0 Å². The molecule has 9 heavy (non-hydrogen) atoms. The molecule has 1 heteroatoms. The van der Waals surface area contributed by atoms with Gasteiger partial charge in [0.1, 0.15) is 0 Å². The van der Waals surface area contributed by atoms with E-state index in [-0.39, 0.29) is 5.48 Å². The van der Waals surface area contributed by atoms with Crippen molar-refractivity contribution in [3.05, 3.63) is 6.42 Å². The fraction of sp³-hybridized carbons (Fsp3) is 0.875. The van der Waals surface area contributed by atoms with Gasteiger partial charge in [0.25, 0.3) is 0 Å². The predicted octanol–water partition coefficient (Wildman–Crippen LogP) is 2.21. The van der Waals surface area contributed by atoms with Gasteiger partial charge in [-0.2, -0.15) is 0 Å². The summed E-state index contributed by atoms with van der Waals surface area (Å²) in [4.78, 5) is 0. The first-order chi connectivity index (χ1) is 3.81. The van der Waals surface area contributed by atoms with Crippen LogP contribution in [0.15, 0.2) is 0 Å². The van der Waals surface area contributed by atoms with Crippen LogP contribution in [0, 0.1) is 12.3 Å². The SMILES string of the molecule is CCC[CH]C(C)CC.O. The number of hydrogen-bond acceptors (Lipinski definition) is 0. The van der Waals surface area contributed by atoms with Crippen molar-refractivity contribution in [3.63, 3.8) is 0 Å². The first-order valence-electron chi connectivity index (χ1n) is 3.64. The number of hydrogen-bond donors (Lipinski definition) is 0. The number of unbranched alkanes of at least 4 members (excludes halogenated alkanes) is 1. The Bertz CT molecular complexity index is 43.8. The summed E-state index contributed by atoms with van der Waals surface area (Å²) in [6.45, 7) is 6.73. The summed E-state index contributed by atoms with van der Waals surface area (Å²) in [5, 5.41) is 0. The van der Waals surface area contributed by atoms with Crippen LogP contribution < -0.4 is 0 Å². The molecule has 0 saturated carbocycles. The van der Waals surface area contributed by atoms with Crippen molar-refractivity contribution in [2.24, 2.45) is 5.92 Å². The molecule has 0 rings (SSSR count). The Hall–Kier alpha value is -0.0400. The van der Waals surface area contributed by atoms with Crippen LogP contribution in [0.3, 0.4) is 0 Å². The molecule has 1 radical (unpaired) electrons. The summed E-state index contributed by atoms with van der Waals surface area (Å²) < 4.78 is 0. The van der Waals surface area contributed by atoms with Crippen LogP contribution in [0.5, 0.6) is 0 Å². The molecule has 57 valence electrons. The summed E-state index contributed by atoms with van der Waals surface area (Å²) in [6.07, 6.45) is 6.28. The second-order valence-electron chi connectivity index (χ2n) is 2.41. The van der Waals surface area contributed by atoms with Crippen LogP contribution in [-0.2, 0) is 0 Å². The van der Waals surface area contributed by atoms with Crippen molar-refractivity contribution in [2.45, 2.75) is 40.0 Å². The van der Waals surface area contributed by atoms with Crippen LogP contribution in [0.2, 0.25) is 0 Å². The molecular weight excluding hydrogens is 112 g/mol.